The molecule has 0 heterocycles. The van der Waals surface area contributed by atoms with Crippen LogP contribution in [-0.4, -0.2) is 77.1 Å². The molecule has 0 rings (SSSR count). The highest BCUT2D eigenvalue weighted by molar-refractivity contribution is 5.94. The molecule has 35 heavy (non-hydrogen) atoms. The summed E-state index contributed by atoms with van der Waals surface area (Å²) >= 11 is 0. The third-order valence-electron chi connectivity index (χ3n) is 5.22. The van der Waals surface area contributed by atoms with Gasteiger partial charge < -0.3 is 43.4 Å². The molecule has 13 heteroatoms. The highest BCUT2D eigenvalue weighted by Gasteiger charge is 2.30. The van der Waals surface area contributed by atoms with E-state index in [1.165, 1.54) is 0 Å². The molecule has 0 saturated heterocycles. The molecule has 4 atom stereocenters. The van der Waals surface area contributed by atoms with Gasteiger partial charge in [0.15, 0.2) is 0 Å². The predicted molar refractivity (Wildman–Crippen MR) is 129 cm³/mol. The quantitative estimate of drug-likeness (QED) is 0.0963. The Balaban J connectivity index is 5.53. The van der Waals surface area contributed by atoms with Gasteiger partial charge in [0, 0.05) is 0 Å². The summed E-state index contributed by atoms with van der Waals surface area (Å²) in [5, 5.41) is 25.5. The Morgan fingerprint density at radius 1 is 0.714 bits per heavy atom. The minimum absolute atomic E-state index is 0.143. The first-order chi connectivity index (χ1) is 16.4. The maximum atomic E-state index is 13.0. The Labute approximate surface area is 205 Å². The summed E-state index contributed by atoms with van der Waals surface area (Å²) in [7, 11) is 0. The van der Waals surface area contributed by atoms with Crippen LogP contribution in [0, 0.1) is 5.92 Å². The van der Waals surface area contributed by atoms with Crippen LogP contribution in [-0.2, 0) is 24.0 Å². The van der Waals surface area contributed by atoms with E-state index in [1.54, 1.807) is 0 Å². The lowest BCUT2D eigenvalue weighted by atomic mass is 10.0. The number of hydrogen-bond donors (Lipinski definition) is 8. The number of unbranched alkanes of at least 4 members (excludes halogenated alkanes) is 2. The third-order valence-corrected chi connectivity index (χ3v) is 5.22. The van der Waals surface area contributed by atoms with Crippen molar-refractivity contribution in [2.75, 3.05) is 13.1 Å². The maximum Gasteiger partial charge on any atom is 0.326 e. The van der Waals surface area contributed by atoms with Crippen molar-refractivity contribution >= 4 is 29.7 Å². The number of aliphatic carboxylic acids is 2. The molecule has 0 radical (unpaired) electrons. The van der Waals surface area contributed by atoms with Crippen LogP contribution in [0.5, 0.6) is 0 Å². The summed E-state index contributed by atoms with van der Waals surface area (Å²) in [5.41, 5.74) is 17.0. The first-order valence-electron chi connectivity index (χ1n) is 11.9. The van der Waals surface area contributed by atoms with Gasteiger partial charge in [-0.3, -0.25) is 19.2 Å². The third kappa shape index (κ3) is 14.3. The van der Waals surface area contributed by atoms with Gasteiger partial charge in [0.05, 0.1) is 12.5 Å². The highest BCUT2D eigenvalue weighted by atomic mass is 16.4. The molecule has 11 N–H and O–H groups in total. The number of amides is 3. The first kappa shape index (κ1) is 32.2. The van der Waals surface area contributed by atoms with E-state index in [1.807, 2.05) is 13.8 Å². The molecule has 0 spiro atoms. The molecule has 0 fully saturated rings. The van der Waals surface area contributed by atoms with Crippen molar-refractivity contribution in [1.29, 1.82) is 0 Å². The van der Waals surface area contributed by atoms with Crippen LogP contribution >= 0.6 is 0 Å². The van der Waals surface area contributed by atoms with Crippen molar-refractivity contribution in [3.8, 4) is 0 Å². The number of hydrogen-bond acceptors (Lipinski definition) is 8. The number of carbonyl (C=O) groups is 5. The molecule has 0 bridgehead atoms. The van der Waals surface area contributed by atoms with Gasteiger partial charge in [-0.1, -0.05) is 13.8 Å². The zero-order valence-corrected chi connectivity index (χ0v) is 20.6. The van der Waals surface area contributed by atoms with Crippen LogP contribution in [0.25, 0.3) is 0 Å². The monoisotopic (exact) mass is 502 g/mol. The van der Waals surface area contributed by atoms with E-state index in [4.69, 9.17) is 22.3 Å². The zero-order chi connectivity index (χ0) is 27.0. The smallest absolute Gasteiger partial charge is 0.326 e. The van der Waals surface area contributed by atoms with Gasteiger partial charge >= 0.3 is 11.9 Å². The molecule has 0 aromatic carbocycles. The minimum Gasteiger partial charge on any atom is -0.481 e. The van der Waals surface area contributed by atoms with Gasteiger partial charge in [-0.15, -0.1) is 0 Å². The standard InChI is InChI=1S/C22H42N6O7/c1-13(2)11-14(25)19(31)26-15(7-3-5-9-23)20(32)27-16(8-4-6-10-24)21(33)28-17(22(34)35)12-18(29)30/h13-17H,3-12,23-25H2,1-2H3,(H,26,31)(H,27,32)(H,28,33)(H,29,30)(H,34,35). The lowest BCUT2D eigenvalue weighted by Gasteiger charge is -2.25. The number of rotatable bonds is 19. The topological polar surface area (TPSA) is 240 Å². The average Bonchev–Trinajstić information content (AvgIpc) is 2.76. The second kappa shape index (κ2) is 17.6. The second-order valence-electron chi connectivity index (χ2n) is 8.92. The minimum atomic E-state index is -1.66. The zero-order valence-electron chi connectivity index (χ0n) is 20.6. The van der Waals surface area contributed by atoms with E-state index in [0.29, 0.717) is 45.2 Å². The molecule has 4 unspecified atom stereocenters. The summed E-state index contributed by atoms with van der Waals surface area (Å²) in [6.07, 6.45) is 2.17. The van der Waals surface area contributed by atoms with Crippen LogP contribution < -0.4 is 33.2 Å². The van der Waals surface area contributed by atoms with Crippen LogP contribution in [0.4, 0.5) is 0 Å². The molecule has 0 aliphatic rings. The molecule has 0 aliphatic heterocycles. The Hall–Kier alpha value is -2.77. The van der Waals surface area contributed by atoms with Crippen LogP contribution in [0.3, 0.4) is 0 Å². The number of carbonyl (C=O) groups excluding carboxylic acids is 3. The molecule has 0 aromatic rings. The van der Waals surface area contributed by atoms with Gasteiger partial charge in [0.2, 0.25) is 17.7 Å². The Morgan fingerprint density at radius 3 is 1.51 bits per heavy atom. The summed E-state index contributed by atoms with van der Waals surface area (Å²) < 4.78 is 0. The number of carboxylic acid groups (broad SMARTS) is 2. The van der Waals surface area contributed by atoms with E-state index in [0.717, 1.165) is 0 Å². The fourth-order valence-electron chi connectivity index (χ4n) is 3.34. The summed E-state index contributed by atoms with van der Waals surface area (Å²) in [4.78, 5) is 60.6. The van der Waals surface area contributed by atoms with Crippen molar-refractivity contribution in [1.82, 2.24) is 16.0 Å². The van der Waals surface area contributed by atoms with Gasteiger partial charge in [0.25, 0.3) is 0 Å². The van der Waals surface area contributed by atoms with Crippen LogP contribution in [0.1, 0.15) is 65.2 Å². The molecule has 0 saturated carbocycles. The number of carboxylic acids is 2. The average molecular weight is 503 g/mol. The van der Waals surface area contributed by atoms with Crippen molar-refractivity contribution in [2.24, 2.45) is 23.1 Å². The van der Waals surface area contributed by atoms with E-state index in [-0.39, 0.29) is 18.8 Å². The van der Waals surface area contributed by atoms with Gasteiger partial charge in [-0.25, -0.2) is 4.79 Å². The predicted octanol–water partition coefficient (Wildman–Crippen LogP) is -1.37. The van der Waals surface area contributed by atoms with Crippen molar-refractivity contribution < 1.29 is 34.2 Å². The molecular formula is C22H42N6O7. The van der Waals surface area contributed by atoms with E-state index >= 15 is 0 Å². The second-order valence-corrected chi connectivity index (χ2v) is 8.92. The van der Waals surface area contributed by atoms with Gasteiger partial charge in [-0.2, -0.15) is 0 Å². The van der Waals surface area contributed by atoms with Crippen molar-refractivity contribution in [2.45, 2.75) is 89.4 Å². The molecule has 3 amide bonds. The Bertz CT molecular complexity index is 704. The summed E-state index contributed by atoms with van der Waals surface area (Å²) in [6, 6.07) is -4.60. The highest BCUT2D eigenvalue weighted by Crippen LogP contribution is 2.08. The molecular weight excluding hydrogens is 460 g/mol. The number of nitrogens with two attached hydrogens (primary N) is 3. The first-order valence-corrected chi connectivity index (χ1v) is 11.9. The van der Waals surface area contributed by atoms with Gasteiger partial charge in [-0.05, 0) is 64.0 Å². The fourth-order valence-corrected chi connectivity index (χ4v) is 3.34. The number of nitrogens with one attached hydrogen (secondary N) is 3. The molecule has 13 nitrogen and oxygen atoms in total. The van der Waals surface area contributed by atoms with Crippen LogP contribution in [0.15, 0.2) is 0 Å². The lowest BCUT2D eigenvalue weighted by molar-refractivity contribution is -0.147. The summed E-state index contributed by atoms with van der Waals surface area (Å²) in [5.74, 6) is -4.72. The fraction of sp³-hybridized carbons (Fsp3) is 0.773. The molecule has 0 aromatic heterocycles. The largest absolute Gasteiger partial charge is 0.481 e. The Kier molecular flexibility index (Phi) is 16.2. The summed E-state index contributed by atoms with van der Waals surface area (Å²) in [6.45, 7) is 4.58. The van der Waals surface area contributed by atoms with E-state index in [2.05, 4.69) is 16.0 Å². The van der Waals surface area contributed by atoms with Crippen molar-refractivity contribution in [3.63, 3.8) is 0 Å². The van der Waals surface area contributed by atoms with E-state index in [9.17, 15) is 29.1 Å². The van der Waals surface area contributed by atoms with Crippen molar-refractivity contribution in [3.05, 3.63) is 0 Å². The van der Waals surface area contributed by atoms with Gasteiger partial charge in [0.1, 0.15) is 18.1 Å². The SMILES string of the molecule is CC(C)CC(N)C(=O)NC(CCCCN)C(=O)NC(CCCCN)C(=O)NC(CC(=O)O)C(=O)O. The lowest BCUT2D eigenvalue weighted by Crippen LogP contribution is -2.57. The Morgan fingerprint density at radius 2 is 1.14 bits per heavy atom. The normalized spacial score (nSPS) is 14.5. The van der Waals surface area contributed by atoms with E-state index < -0.39 is 60.2 Å². The van der Waals surface area contributed by atoms with Crippen LogP contribution in [0.2, 0.25) is 0 Å². The molecule has 202 valence electrons. The maximum absolute atomic E-state index is 13.0. The molecule has 0 aliphatic carbocycles.